The maximum atomic E-state index is 12.7. The van der Waals surface area contributed by atoms with Crippen LogP contribution in [0.1, 0.15) is 5.56 Å². The first kappa shape index (κ1) is 24.3. The lowest BCUT2D eigenvalue weighted by molar-refractivity contribution is -0.120. The summed E-state index contributed by atoms with van der Waals surface area (Å²) in [6.45, 7) is 2.13. The standard InChI is InChI=1S/C26H28ClN3O3S/c27-24-7-4-8-25(20-24)29-14-16-30(17-15-29)34(32,33)18-13-28-26(31)19-21-9-11-23(12-10-21)22-5-2-1-3-6-22/h1-12,20H,13-19H2,(H,28,31). The highest BCUT2D eigenvalue weighted by Gasteiger charge is 2.27. The minimum atomic E-state index is -3.44. The summed E-state index contributed by atoms with van der Waals surface area (Å²) in [7, 11) is -3.44. The summed E-state index contributed by atoms with van der Waals surface area (Å²) in [6.07, 6.45) is 0.216. The molecule has 0 saturated carbocycles. The zero-order chi connectivity index (χ0) is 24.0. The summed E-state index contributed by atoms with van der Waals surface area (Å²) < 4.78 is 27.0. The Morgan fingerprint density at radius 1 is 0.853 bits per heavy atom. The predicted molar refractivity (Wildman–Crippen MR) is 138 cm³/mol. The number of halogens is 1. The molecular weight excluding hydrogens is 470 g/mol. The average Bonchev–Trinajstić information content (AvgIpc) is 2.85. The van der Waals surface area contributed by atoms with Crippen LogP contribution in [0.2, 0.25) is 5.02 Å². The fourth-order valence-electron chi connectivity index (χ4n) is 4.04. The van der Waals surface area contributed by atoms with E-state index in [1.54, 1.807) is 0 Å². The number of benzene rings is 3. The van der Waals surface area contributed by atoms with Crippen molar-refractivity contribution >= 4 is 33.2 Å². The molecule has 0 unspecified atom stereocenters. The minimum absolute atomic E-state index is 0.0950. The Bertz CT molecular complexity index is 1210. The van der Waals surface area contributed by atoms with Crippen molar-refractivity contribution in [3.63, 3.8) is 0 Å². The van der Waals surface area contributed by atoms with Gasteiger partial charge in [-0.2, -0.15) is 4.31 Å². The smallest absolute Gasteiger partial charge is 0.224 e. The van der Waals surface area contributed by atoms with E-state index in [1.165, 1.54) is 4.31 Å². The molecule has 1 N–H and O–H groups in total. The highest BCUT2D eigenvalue weighted by Crippen LogP contribution is 2.22. The molecule has 0 aromatic heterocycles. The zero-order valence-electron chi connectivity index (χ0n) is 18.9. The molecule has 0 spiro atoms. The number of nitrogens with one attached hydrogen (secondary N) is 1. The molecule has 1 fully saturated rings. The normalized spacial score (nSPS) is 14.7. The number of piperazine rings is 1. The first-order chi connectivity index (χ1) is 16.4. The SMILES string of the molecule is O=C(Cc1ccc(-c2ccccc2)cc1)NCCS(=O)(=O)N1CCN(c2cccc(Cl)c2)CC1. The topological polar surface area (TPSA) is 69.7 Å². The van der Waals surface area contributed by atoms with Crippen LogP contribution in [0, 0.1) is 0 Å². The van der Waals surface area contributed by atoms with Crippen molar-refractivity contribution in [3.05, 3.63) is 89.4 Å². The van der Waals surface area contributed by atoms with Gasteiger partial charge in [-0.3, -0.25) is 4.79 Å². The molecule has 34 heavy (non-hydrogen) atoms. The fourth-order valence-corrected chi connectivity index (χ4v) is 5.56. The van der Waals surface area contributed by atoms with E-state index in [1.807, 2.05) is 78.9 Å². The maximum absolute atomic E-state index is 12.7. The van der Waals surface area contributed by atoms with Crippen LogP contribution < -0.4 is 10.2 Å². The molecule has 0 atom stereocenters. The van der Waals surface area contributed by atoms with Gasteiger partial charge in [0, 0.05) is 43.4 Å². The Balaban J connectivity index is 1.22. The van der Waals surface area contributed by atoms with Gasteiger partial charge in [-0.05, 0) is 34.9 Å². The number of nitrogens with zero attached hydrogens (tertiary/aromatic N) is 2. The van der Waals surface area contributed by atoms with E-state index in [-0.39, 0.29) is 24.6 Å². The number of anilines is 1. The van der Waals surface area contributed by atoms with E-state index in [0.29, 0.717) is 31.2 Å². The highest BCUT2D eigenvalue weighted by atomic mass is 35.5. The molecule has 1 aliphatic rings. The lowest BCUT2D eigenvalue weighted by Gasteiger charge is -2.35. The fraction of sp³-hybridized carbons (Fsp3) is 0.269. The zero-order valence-corrected chi connectivity index (χ0v) is 20.4. The molecule has 178 valence electrons. The van der Waals surface area contributed by atoms with E-state index in [9.17, 15) is 13.2 Å². The third kappa shape index (κ3) is 6.38. The van der Waals surface area contributed by atoms with Gasteiger partial charge in [0.15, 0.2) is 0 Å². The molecule has 4 rings (SSSR count). The molecule has 3 aromatic carbocycles. The van der Waals surface area contributed by atoms with Crippen molar-refractivity contribution in [3.8, 4) is 11.1 Å². The molecule has 6 nitrogen and oxygen atoms in total. The number of hydrogen-bond donors (Lipinski definition) is 1. The van der Waals surface area contributed by atoms with Crippen LogP contribution in [0.3, 0.4) is 0 Å². The van der Waals surface area contributed by atoms with E-state index >= 15 is 0 Å². The maximum Gasteiger partial charge on any atom is 0.224 e. The Morgan fingerprint density at radius 2 is 1.53 bits per heavy atom. The summed E-state index contributed by atoms with van der Waals surface area (Å²) in [6, 6.07) is 25.4. The monoisotopic (exact) mass is 497 g/mol. The van der Waals surface area contributed by atoms with Crippen molar-refractivity contribution in [2.75, 3.05) is 43.4 Å². The summed E-state index contributed by atoms with van der Waals surface area (Å²) in [5, 5.41) is 3.41. The first-order valence-corrected chi connectivity index (χ1v) is 13.3. The molecule has 3 aromatic rings. The van der Waals surface area contributed by atoms with Crippen LogP contribution in [0.25, 0.3) is 11.1 Å². The molecule has 1 aliphatic heterocycles. The highest BCUT2D eigenvalue weighted by molar-refractivity contribution is 7.89. The molecule has 0 bridgehead atoms. The summed E-state index contributed by atoms with van der Waals surface area (Å²) in [4.78, 5) is 14.4. The molecule has 0 aliphatic carbocycles. The van der Waals surface area contributed by atoms with Crippen LogP contribution in [0.4, 0.5) is 5.69 Å². The number of hydrogen-bond acceptors (Lipinski definition) is 4. The van der Waals surface area contributed by atoms with Gasteiger partial charge < -0.3 is 10.2 Å². The Hall–Kier alpha value is -2.87. The van der Waals surface area contributed by atoms with E-state index in [4.69, 9.17) is 11.6 Å². The molecule has 0 radical (unpaired) electrons. The van der Waals surface area contributed by atoms with Crippen molar-refractivity contribution in [2.24, 2.45) is 0 Å². The molecular formula is C26H28ClN3O3S. The van der Waals surface area contributed by atoms with Crippen molar-refractivity contribution in [1.82, 2.24) is 9.62 Å². The quantitative estimate of drug-likeness (QED) is 0.513. The largest absolute Gasteiger partial charge is 0.369 e. The Labute approximate surface area is 206 Å². The molecule has 1 heterocycles. The van der Waals surface area contributed by atoms with Crippen LogP contribution >= 0.6 is 11.6 Å². The van der Waals surface area contributed by atoms with Gasteiger partial charge in [0.2, 0.25) is 15.9 Å². The van der Waals surface area contributed by atoms with Gasteiger partial charge in [-0.25, -0.2) is 8.42 Å². The van der Waals surface area contributed by atoms with Crippen molar-refractivity contribution in [2.45, 2.75) is 6.42 Å². The van der Waals surface area contributed by atoms with Gasteiger partial charge in [-0.1, -0.05) is 72.3 Å². The number of carbonyl (C=O) groups is 1. The van der Waals surface area contributed by atoms with E-state index in [0.717, 1.165) is 22.4 Å². The average molecular weight is 498 g/mol. The van der Waals surface area contributed by atoms with Gasteiger partial charge in [-0.15, -0.1) is 0 Å². The number of rotatable bonds is 8. The van der Waals surface area contributed by atoms with Gasteiger partial charge in [0.1, 0.15) is 0 Å². The Kier molecular flexibility index (Phi) is 7.88. The van der Waals surface area contributed by atoms with Gasteiger partial charge >= 0.3 is 0 Å². The van der Waals surface area contributed by atoms with Crippen LogP contribution in [-0.4, -0.2) is 57.1 Å². The van der Waals surface area contributed by atoms with Crippen molar-refractivity contribution < 1.29 is 13.2 Å². The summed E-state index contributed by atoms with van der Waals surface area (Å²) in [5.41, 5.74) is 4.09. The molecule has 1 amide bonds. The van der Waals surface area contributed by atoms with Crippen molar-refractivity contribution in [1.29, 1.82) is 0 Å². The number of sulfonamides is 1. The lowest BCUT2D eigenvalue weighted by Crippen LogP contribution is -2.50. The van der Waals surface area contributed by atoms with Crippen LogP contribution in [-0.2, 0) is 21.2 Å². The minimum Gasteiger partial charge on any atom is -0.369 e. The third-order valence-corrected chi connectivity index (χ3v) is 8.02. The predicted octanol–water partition coefficient (Wildman–Crippen LogP) is 3.82. The van der Waals surface area contributed by atoms with Crippen LogP contribution in [0.15, 0.2) is 78.9 Å². The summed E-state index contributed by atoms with van der Waals surface area (Å²) >= 11 is 6.06. The van der Waals surface area contributed by atoms with E-state index < -0.39 is 10.0 Å². The number of amides is 1. The Morgan fingerprint density at radius 3 is 2.21 bits per heavy atom. The summed E-state index contributed by atoms with van der Waals surface area (Å²) in [5.74, 6) is -0.295. The number of carbonyl (C=O) groups excluding carboxylic acids is 1. The lowest BCUT2D eigenvalue weighted by atomic mass is 10.0. The third-order valence-electron chi connectivity index (χ3n) is 5.91. The molecule has 1 saturated heterocycles. The second-order valence-corrected chi connectivity index (χ2v) is 10.8. The second-order valence-electron chi connectivity index (χ2n) is 8.27. The van der Waals surface area contributed by atoms with Gasteiger partial charge in [0.05, 0.1) is 12.2 Å². The van der Waals surface area contributed by atoms with Gasteiger partial charge in [0.25, 0.3) is 0 Å². The first-order valence-electron chi connectivity index (χ1n) is 11.3. The van der Waals surface area contributed by atoms with E-state index in [2.05, 4.69) is 10.2 Å². The van der Waals surface area contributed by atoms with Crippen LogP contribution in [0.5, 0.6) is 0 Å². The second kappa shape index (κ2) is 11.0. The molecule has 8 heteroatoms.